The van der Waals surface area contributed by atoms with E-state index in [1.165, 1.54) is 0 Å². The molecule has 2 atom stereocenters. The smallest absolute Gasteiger partial charge is 0.319 e. The number of nitrogens with one attached hydrogen (secondary N) is 3. The van der Waals surface area contributed by atoms with Gasteiger partial charge < -0.3 is 16.0 Å². The number of carbonyl (C=O) groups is 2. The van der Waals surface area contributed by atoms with Gasteiger partial charge in [-0.05, 0) is 49.9 Å². The molecule has 2 unspecified atom stereocenters. The lowest BCUT2D eigenvalue weighted by Gasteiger charge is -2.25. The summed E-state index contributed by atoms with van der Waals surface area (Å²) in [6.45, 7) is 9.85. The van der Waals surface area contributed by atoms with E-state index in [2.05, 4.69) is 34.1 Å². The van der Waals surface area contributed by atoms with Crippen LogP contribution in [0.5, 0.6) is 0 Å². The van der Waals surface area contributed by atoms with E-state index in [9.17, 15) is 9.59 Å². The summed E-state index contributed by atoms with van der Waals surface area (Å²) in [6, 6.07) is 14.2. The Balaban J connectivity index is 2.03. The Morgan fingerprint density at radius 1 is 0.889 bits per heavy atom. The monoisotopic (exact) mass is 367 g/mol. The molecule has 0 saturated carbocycles. The highest BCUT2D eigenvalue weighted by atomic mass is 16.2. The van der Waals surface area contributed by atoms with Crippen molar-refractivity contribution >= 4 is 17.6 Å². The molecule has 2 aromatic carbocycles. The van der Waals surface area contributed by atoms with Crippen molar-refractivity contribution in [3.8, 4) is 0 Å². The normalized spacial score (nSPS) is 13.0. The molecule has 3 N–H and O–H groups in total. The van der Waals surface area contributed by atoms with Gasteiger partial charge in [0.1, 0.15) is 6.04 Å². The van der Waals surface area contributed by atoms with E-state index in [0.29, 0.717) is 5.69 Å². The zero-order valence-electron chi connectivity index (χ0n) is 16.7. The maximum atomic E-state index is 12.8. The summed E-state index contributed by atoms with van der Waals surface area (Å²) >= 11 is 0. The Morgan fingerprint density at radius 3 is 2.19 bits per heavy atom. The summed E-state index contributed by atoms with van der Waals surface area (Å²) < 4.78 is 0. The molecule has 0 heterocycles. The SMILES string of the molecule is Cc1ccc(C)c(C(C)NC(=O)C(NC(=O)Nc2ccccc2)C(C)C)c1. The van der Waals surface area contributed by atoms with E-state index in [4.69, 9.17) is 0 Å². The fourth-order valence-electron chi connectivity index (χ4n) is 2.97. The second kappa shape index (κ2) is 9.21. The first-order valence-corrected chi connectivity index (χ1v) is 9.28. The number of carbonyl (C=O) groups excluding carboxylic acids is 2. The van der Waals surface area contributed by atoms with E-state index in [0.717, 1.165) is 16.7 Å². The minimum Gasteiger partial charge on any atom is -0.348 e. The average molecular weight is 367 g/mol. The molecular weight excluding hydrogens is 338 g/mol. The van der Waals surface area contributed by atoms with E-state index < -0.39 is 12.1 Å². The molecule has 0 fully saturated rings. The highest BCUT2D eigenvalue weighted by molar-refractivity contribution is 5.93. The van der Waals surface area contributed by atoms with Crippen molar-refractivity contribution in [2.75, 3.05) is 5.32 Å². The summed E-state index contributed by atoms with van der Waals surface area (Å²) in [6.07, 6.45) is 0. The molecule has 0 saturated heterocycles. The van der Waals surface area contributed by atoms with Gasteiger partial charge >= 0.3 is 6.03 Å². The van der Waals surface area contributed by atoms with Crippen LogP contribution in [0.2, 0.25) is 0 Å². The molecule has 0 aliphatic carbocycles. The van der Waals surface area contributed by atoms with Crippen LogP contribution >= 0.6 is 0 Å². The van der Waals surface area contributed by atoms with Crippen molar-refractivity contribution in [3.05, 3.63) is 65.2 Å². The molecule has 0 aromatic heterocycles. The van der Waals surface area contributed by atoms with Gasteiger partial charge in [0, 0.05) is 5.69 Å². The van der Waals surface area contributed by atoms with Gasteiger partial charge in [-0.1, -0.05) is 55.8 Å². The molecular formula is C22H29N3O2. The number of para-hydroxylation sites is 1. The van der Waals surface area contributed by atoms with Gasteiger partial charge in [0.25, 0.3) is 0 Å². The third-order valence-corrected chi connectivity index (χ3v) is 4.53. The van der Waals surface area contributed by atoms with Gasteiger partial charge in [-0.25, -0.2) is 4.79 Å². The highest BCUT2D eigenvalue weighted by Gasteiger charge is 2.26. The van der Waals surface area contributed by atoms with E-state index in [1.54, 1.807) is 12.1 Å². The molecule has 2 rings (SSSR count). The third-order valence-electron chi connectivity index (χ3n) is 4.53. The fourth-order valence-corrected chi connectivity index (χ4v) is 2.97. The number of benzene rings is 2. The number of anilines is 1. The molecule has 0 aliphatic rings. The fraction of sp³-hybridized carbons (Fsp3) is 0.364. The second-order valence-electron chi connectivity index (χ2n) is 7.28. The number of hydrogen-bond donors (Lipinski definition) is 3. The van der Waals surface area contributed by atoms with Crippen molar-refractivity contribution in [2.45, 2.75) is 46.7 Å². The molecule has 0 radical (unpaired) electrons. The third kappa shape index (κ3) is 5.84. The molecule has 0 aliphatic heterocycles. The first kappa shape index (κ1) is 20.5. The zero-order valence-corrected chi connectivity index (χ0v) is 16.7. The highest BCUT2D eigenvalue weighted by Crippen LogP contribution is 2.19. The topological polar surface area (TPSA) is 70.2 Å². The summed E-state index contributed by atoms with van der Waals surface area (Å²) in [5.74, 6) is -0.237. The minimum absolute atomic E-state index is 0.0441. The quantitative estimate of drug-likeness (QED) is 0.711. The molecule has 0 bridgehead atoms. The minimum atomic E-state index is -0.624. The van der Waals surface area contributed by atoms with Crippen molar-refractivity contribution < 1.29 is 9.59 Å². The Labute approximate surface area is 161 Å². The predicted molar refractivity (Wildman–Crippen MR) is 110 cm³/mol. The molecule has 27 heavy (non-hydrogen) atoms. The van der Waals surface area contributed by atoms with E-state index >= 15 is 0 Å². The van der Waals surface area contributed by atoms with E-state index in [-0.39, 0.29) is 17.9 Å². The van der Waals surface area contributed by atoms with Gasteiger partial charge in [0.05, 0.1) is 6.04 Å². The molecule has 5 nitrogen and oxygen atoms in total. The Hall–Kier alpha value is -2.82. The Kier molecular flexibility index (Phi) is 6.99. The number of urea groups is 1. The standard InChI is InChI=1S/C22H29N3O2/c1-14(2)20(25-22(27)24-18-9-7-6-8-10-18)21(26)23-17(5)19-13-15(3)11-12-16(19)4/h6-14,17,20H,1-5H3,(H,23,26)(H2,24,25,27). The molecule has 2 aromatic rings. The van der Waals surface area contributed by atoms with Crippen LogP contribution in [0, 0.1) is 19.8 Å². The van der Waals surface area contributed by atoms with Crippen LogP contribution in [-0.2, 0) is 4.79 Å². The van der Waals surface area contributed by atoms with Crippen molar-refractivity contribution in [1.29, 1.82) is 0 Å². The van der Waals surface area contributed by atoms with Gasteiger partial charge in [0.15, 0.2) is 0 Å². The number of rotatable bonds is 6. The van der Waals surface area contributed by atoms with E-state index in [1.807, 2.05) is 52.8 Å². The van der Waals surface area contributed by atoms with Crippen LogP contribution in [-0.4, -0.2) is 18.0 Å². The van der Waals surface area contributed by atoms with Crippen molar-refractivity contribution in [2.24, 2.45) is 5.92 Å². The maximum absolute atomic E-state index is 12.8. The number of amides is 3. The second-order valence-corrected chi connectivity index (χ2v) is 7.28. The lowest BCUT2D eigenvalue weighted by atomic mass is 9.98. The zero-order chi connectivity index (χ0) is 20.0. The molecule has 5 heteroatoms. The Morgan fingerprint density at radius 2 is 1.56 bits per heavy atom. The van der Waals surface area contributed by atoms with Gasteiger partial charge in [-0.2, -0.15) is 0 Å². The van der Waals surface area contributed by atoms with Crippen LogP contribution in [0.3, 0.4) is 0 Å². The summed E-state index contributed by atoms with van der Waals surface area (Å²) in [4.78, 5) is 25.1. The van der Waals surface area contributed by atoms with Crippen molar-refractivity contribution in [3.63, 3.8) is 0 Å². The maximum Gasteiger partial charge on any atom is 0.319 e. The largest absolute Gasteiger partial charge is 0.348 e. The van der Waals surface area contributed by atoms with Crippen LogP contribution in [0.15, 0.2) is 48.5 Å². The first-order valence-electron chi connectivity index (χ1n) is 9.28. The van der Waals surface area contributed by atoms with Gasteiger partial charge in [0.2, 0.25) is 5.91 Å². The molecule has 3 amide bonds. The van der Waals surface area contributed by atoms with Gasteiger partial charge in [-0.15, -0.1) is 0 Å². The Bertz CT molecular complexity index is 787. The summed E-state index contributed by atoms with van der Waals surface area (Å²) in [5, 5.41) is 8.57. The number of aryl methyl sites for hydroxylation is 2. The van der Waals surface area contributed by atoms with Crippen molar-refractivity contribution in [1.82, 2.24) is 10.6 Å². The first-order chi connectivity index (χ1) is 12.8. The lowest BCUT2D eigenvalue weighted by Crippen LogP contribution is -2.51. The number of hydrogen-bond acceptors (Lipinski definition) is 2. The van der Waals surface area contributed by atoms with Crippen LogP contribution in [0.4, 0.5) is 10.5 Å². The molecule has 0 spiro atoms. The van der Waals surface area contributed by atoms with Crippen LogP contribution in [0.1, 0.15) is 43.5 Å². The molecule has 144 valence electrons. The summed E-state index contributed by atoms with van der Waals surface area (Å²) in [5.41, 5.74) is 4.04. The van der Waals surface area contributed by atoms with Crippen LogP contribution < -0.4 is 16.0 Å². The predicted octanol–water partition coefficient (Wildman–Crippen LogP) is 4.33. The lowest BCUT2D eigenvalue weighted by molar-refractivity contribution is -0.124. The average Bonchev–Trinajstić information content (AvgIpc) is 2.62. The van der Waals surface area contributed by atoms with Crippen LogP contribution in [0.25, 0.3) is 0 Å². The summed E-state index contributed by atoms with van der Waals surface area (Å²) in [7, 11) is 0. The van der Waals surface area contributed by atoms with Gasteiger partial charge in [-0.3, -0.25) is 4.79 Å².